The van der Waals surface area contributed by atoms with Crippen LogP contribution < -0.4 is 10.2 Å². The fraction of sp³-hybridized carbons (Fsp3) is 0.192. The Kier molecular flexibility index (Phi) is 6.69. The van der Waals surface area contributed by atoms with Gasteiger partial charge in [-0.15, -0.1) is 0 Å². The van der Waals surface area contributed by atoms with Gasteiger partial charge in [0.25, 0.3) is 5.91 Å². The second kappa shape index (κ2) is 9.99. The van der Waals surface area contributed by atoms with E-state index in [9.17, 15) is 9.59 Å². The van der Waals surface area contributed by atoms with Crippen LogP contribution >= 0.6 is 0 Å². The Morgan fingerprint density at radius 1 is 0.970 bits per heavy atom. The largest absolute Gasteiger partial charge is 0.484 e. The third kappa shape index (κ3) is 4.87. The van der Waals surface area contributed by atoms with Gasteiger partial charge in [-0.05, 0) is 61.9 Å². The van der Waals surface area contributed by atoms with Gasteiger partial charge in [-0.25, -0.2) is 10.2 Å². The quantitative estimate of drug-likeness (QED) is 0.247. The smallest absolute Gasteiger partial charge is 0.338 e. The van der Waals surface area contributed by atoms with Crippen LogP contribution in [0.1, 0.15) is 29.8 Å². The molecule has 168 valence electrons. The molecule has 3 aromatic carbocycles. The number of amides is 1. The van der Waals surface area contributed by atoms with Crippen molar-refractivity contribution in [2.24, 2.45) is 5.10 Å². The van der Waals surface area contributed by atoms with Gasteiger partial charge in [0.1, 0.15) is 5.75 Å². The normalized spacial score (nSPS) is 11.2. The summed E-state index contributed by atoms with van der Waals surface area (Å²) in [4.78, 5) is 23.7. The van der Waals surface area contributed by atoms with Crippen molar-refractivity contribution in [1.29, 1.82) is 0 Å². The lowest BCUT2D eigenvalue weighted by Gasteiger charge is -2.06. The van der Waals surface area contributed by atoms with E-state index in [1.54, 1.807) is 37.4 Å². The predicted molar refractivity (Wildman–Crippen MR) is 129 cm³/mol. The summed E-state index contributed by atoms with van der Waals surface area (Å²) in [6.45, 7) is 4.89. The van der Waals surface area contributed by atoms with Gasteiger partial charge in [-0.1, -0.05) is 24.3 Å². The monoisotopic (exact) mass is 443 g/mol. The van der Waals surface area contributed by atoms with Gasteiger partial charge in [0.05, 0.1) is 18.4 Å². The molecule has 1 aromatic heterocycles. The zero-order valence-electron chi connectivity index (χ0n) is 18.6. The molecule has 0 aliphatic heterocycles. The number of para-hydroxylation sites is 1. The molecule has 0 radical (unpaired) electrons. The highest BCUT2D eigenvalue weighted by Gasteiger charge is 2.09. The number of rotatable bonds is 8. The Balaban J connectivity index is 1.36. The minimum atomic E-state index is -0.395. The van der Waals surface area contributed by atoms with Crippen molar-refractivity contribution in [2.45, 2.75) is 20.4 Å². The summed E-state index contributed by atoms with van der Waals surface area (Å²) in [7, 11) is 0. The average molecular weight is 444 g/mol. The first-order chi connectivity index (χ1) is 16.1. The molecular formula is C26H25N3O4. The van der Waals surface area contributed by atoms with Crippen molar-refractivity contribution in [3.05, 3.63) is 77.9 Å². The summed E-state index contributed by atoms with van der Waals surface area (Å²) in [6.07, 6.45) is 1.61. The Bertz CT molecular complexity index is 1320. The molecule has 4 aromatic rings. The first kappa shape index (κ1) is 22.1. The van der Waals surface area contributed by atoms with Crippen LogP contribution in [0, 0.1) is 0 Å². The number of nitrogens with zero attached hydrogens (tertiary/aromatic N) is 2. The van der Waals surface area contributed by atoms with Crippen LogP contribution in [0.5, 0.6) is 5.75 Å². The van der Waals surface area contributed by atoms with Gasteiger partial charge < -0.3 is 14.0 Å². The van der Waals surface area contributed by atoms with Gasteiger partial charge in [0, 0.05) is 28.4 Å². The van der Waals surface area contributed by atoms with E-state index in [1.807, 2.05) is 18.2 Å². The van der Waals surface area contributed by atoms with E-state index in [2.05, 4.69) is 46.3 Å². The van der Waals surface area contributed by atoms with Crippen LogP contribution in [0.15, 0.2) is 71.8 Å². The molecule has 1 N–H and O–H groups in total. The minimum absolute atomic E-state index is 0.195. The molecule has 4 rings (SSSR count). The molecule has 33 heavy (non-hydrogen) atoms. The van der Waals surface area contributed by atoms with Crippen LogP contribution in [-0.4, -0.2) is 35.9 Å². The summed E-state index contributed by atoms with van der Waals surface area (Å²) in [5.74, 6) is -0.307. The summed E-state index contributed by atoms with van der Waals surface area (Å²) >= 11 is 0. The van der Waals surface area contributed by atoms with E-state index in [0.29, 0.717) is 17.9 Å². The minimum Gasteiger partial charge on any atom is -0.484 e. The predicted octanol–water partition coefficient (Wildman–Crippen LogP) is 4.52. The van der Waals surface area contributed by atoms with Crippen molar-refractivity contribution in [2.75, 3.05) is 13.2 Å². The van der Waals surface area contributed by atoms with Gasteiger partial charge in [-0.2, -0.15) is 5.10 Å². The highest BCUT2D eigenvalue weighted by Crippen LogP contribution is 2.29. The van der Waals surface area contributed by atoms with Crippen molar-refractivity contribution in [3.63, 3.8) is 0 Å². The third-order valence-corrected chi connectivity index (χ3v) is 5.25. The Morgan fingerprint density at radius 3 is 2.48 bits per heavy atom. The number of aryl methyl sites for hydroxylation is 1. The molecule has 0 bridgehead atoms. The molecule has 1 amide bonds. The third-order valence-electron chi connectivity index (χ3n) is 5.25. The number of esters is 1. The number of hydrogen-bond acceptors (Lipinski definition) is 5. The van der Waals surface area contributed by atoms with Crippen LogP contribution in [0.4, 0.5) is 0 Å². The van der Waals surface area contributed by atoms with E-state index < -0.39 is 5.97 Å². The van der Waals surface area contributed by atoms with Crippen LogP contribution in [-0.2, 0) is 16.1 Å². The molecule has 7 nitrogen and oxygen atoms in total. The average Bonchev–Trinajstić information content (AvgIpc) is 3.16. The molecule has 0 aliphatic rings. The molecule has 0 atom stereocenters. The number of carbonyl (C=O) groups excluding carboxylic acids is 2. The second-order valence-electron chi connectivity index (χ2n) is 7.36. The first-order valence-electron chi connectivity index (χ1n) is 10.8. The number of nitrogens with one attached hydrogen (secondary N) is 1. The highest BCUT2D eigenvalue weighted by molar-refractivity contribution is 6.09. The Morgan fingerprint density at radius 2 is 1.73 bits per heavy atom. The number of carbonyl (C=O) groups is 2. The van der Waals surface area contributed by atoms with Gasteiger partial charge in [0.15, 0.2) is 6.61 Å². The van der Waals surface area contributed by atoms with Crippen molar-refractivity contribution < 1.29 is 19.1 Å². The van der Waals surface area contributed by atoms with Gasteiger partial charge in [-0.3, -0.25) is 4.79 Å². The maximum atomic E-state index is 12.1. The molecule has 0 saturated carbocycles. The van der Waals surface area contributed by atoms with Crippen LogP contribution in [0.2, 0.25) is 0 Å². The van der Waals surface area contributed by atoms with Crippen molar-refractivity contribution >= 4 is 39.9 Å². The fourth-order valence-electron chi connectivity index (χ4n) is 3.75. The fourth-order valence-corrected chi connectivity index (χ4v) is 3.75. The molecule has 0 unspecified atom stereocenters. The van der Waals surface area contributed by atoms with E-state index in [0.717, 1.165) is 17.5 Å². The van der Waals surface area contributed by atoms with Crippen molar-refractivity contribution in [3.8, 4) is 5.75 Å². The number of benzene rings is 3. The Hall–Kier alpha value is -4.13. The first-order valence-corrected chi connectivity index (χ1v) is 10.8. The van der Waals surface area contributed by atoms with Gasteiger partial charge >= 0.3 is 5.97 Å². The van der Waals surface area contributed by atoms with E-state index >= 15 is 0 Å². The Labute approximate surface area is 191 Å². The number of ether oxygens (including phenoxy) is 2. The lowest BCUT2D eigenvalue weighted by atomic mass is 10.1. The van der Waals surface area contributed by atoms with E-state index in [1.165, 1.54) is 16.4 Å². The zero-order valence-corrected chi connectivity index (χ0v) is 18.6. The van der Waals surface area contributed by atoms with Crippen molar-refractivity contribution in [1.82, 2.24) is 9.99 Å². The highest BCUT2D eigenvalue weighted by atomic mass is 16.5. The van der Waals surface area contributed by atoms with Crippen LogP contribution in [0.3, 0.4) is 0 Å². The summed E-state index contributed by atoms with van der Waals surface area (Å²) < 4.78 is 12.7. The topological polar surface area (TPSA) is 81.9 Å². The molecule has 0 fully saturated rings. The van der Waals surface area contributed by atoms with E-state index in [-0.39, 0.29) is 12.5 Å². The summed E-state index contributed by atoms with van der Waals surface area (Å²) in [5, 5.41) is 6.39. The summed E-state index contributed by atoms with van der Waals surface area (Å²) in [6, 6.07) is 20.9. The van der Waals surface area contributed by atoms with Gasteiger partial charge in [0.2, 0.25) is 0 Å². The lowest BCUT2D eigenvalue weighted by molar-refractivity contribution is -0.123. The molecule has 0 saturated heterocycles. The van der Waals surface area contributed by atoms with Crippen LogP contribution in [0.25, 0.3) is 21.8 Å². The number of fused-ring (bicyclic) bond motifs is 3. The standard InChI is InChI=1S/C26H25N3O4/c1-3-29-23-8-6-5-7-21(23)22-15-18(9-14-24(22)29)16-27-28-25(30)17-33-20-12-10-19(11-13-20)26(31)32-4-2/h5-16H,3-4,17H2,1-2H3,(H,28,30)/b27-16+. The zero-order chi connectivity index (χ0) is 23.2. The summed E-state index contributed by atoms with van der Waals surface area (Å²) in [5.41, 5.74) is 6.16. The maximum Gasteiger partial charge on any atom is 0.338 e. The van der Waals surface area contributed by atoms with E-state index in [4.69, 9.17) is 9.47 Å². The number of aromatic nitrogens is 1. The molecule has 1 heterocycles. The number of hydrogen-bond donors (Lipinski definition) is 1. The molecular weight excluding hydrogens is 418 g/mol. The second-order valence-corrected chi connectivity index (χ2v) is 7.36. The molecule has 0 spiro atoms. The maximum absolute atomic E-state index is 12.1. The SMILES string of the molecule is CCOC(=O)c1ccc(OCC(=O)N/N=C/c2ccc3c(c2)c2ccccc2n3CC)cc1. The molecule has 0 aliphatic carbocycles. The number of hydrazone groups is 1. The lowest BCUT2D eigenvalue weighted by Crippen LogP contribution is -2.24. The molecule has 7 heteroatoms.